The Labute approximate surface area is 188 Å². The predicted octanol–water partition coefficient (Wildman–Crippen LogP) is 2.41. The van der Waals surface area contributed by atoms with Gasteiger partial charge in [0.2, 0.25) is 11.8 Å². The summed E-state index contributed by atoms with van der Waals surface area (Å²) >= 11 is 5.87. The molecule has 3 rings (SSSR count). The average molecular weight is 445 g/mol. The molecule has 0 atom stereocenters. The molecule has 0 aromatic heterocycles. The molecule has 2 aromatic rings. The first-order valence-electron chi connectivity index (χ1n) is 10.4. The van der Waals surface area contributed by atoms with E-state index >= 15 is 0 Å². The lowest BCUT2D eigenvalue weighted by Crippen LogP contribution is -2.39. The fourth-order valence-electron chi connectivity index (χ4n) is 3.38. The number of nitrogens with zero attached hydrogens (tertiary/aromatic N) is 2. The van der Waals surface area contributed by atoms with Gasteiger partial charge in [0.1, 0.15) is 0 Å². The highest BCUT2D eigenvalue weighted by Crippen LogP contribution is 2.19. The maximum absolute atomic E-state index is 12.3. The quantitative estimate of drug-likeness (QED) is 0.621. The van der Waals surface area contributed by atoms with Crippen LogP contribution in [-0.4, -0.2) is 69.7 Å². The molecule has 0 radical (unpaired) electrons. The van der Waals surface area contributed by atoms with Crippen molar-refractivity contribution in [3.05, 3.63) is 59.1 Å². The van der Waals surface area contributed by atoms with E-state index in [0.717, 1.165) is 49.7 Å². The summed E-state index contributed by atoms with van der Waals surface area (Å²) in [6, 6.07) is 15.3. The van der Waals surface area contributed by atoms with E-state index in [9.17, 15) is 9.59 Å². The number of carbonyl (C=O) groups is 2. The number of benzene rings is 2. The molecule has 0 aliphatic carbocycles. The van der Waals surface area contributed by atoms with Gasteiger partial charge in [-0.15, -0.1) is 0 Å². The second-order valence-electron chi connectivity index (χ2n) is 7.59. The Bertz CT molecular complexity index is 852. The van der Waals surface area contributed by atoms with Gasteiger partial charge in [0.25, 0.3) is 0 Å². The summed E-state index contributed by atoms with van der Waals surface area (Å²) < 4.78 is 5.37. The third-order valence-electron chi connectivity index (χ3n) is 5.00. The Morgan fingerprint density at radius 1 is 1.00 bits per heavy atom. The molecular formula is C23H29ClN4O3. The first kappa shape index (κ1) is 23.1. The molecule has 2 aromatic carbocycles. The van der Waals surface area contributed by atoms with Gasteiger partial charge in [-0.25, -0.2) is 0 Å². The molecule has 2 amide bonds. The molecule has 2 N–H and O–H groups in total. The van der Waals surface area contributed by atoms with Crippen molar-refractivity contribution >= 4 is 34.8 Å². The standard InChI is InChI=1S/C23H29ClN4O3/c1-27(16-22(29)25-11-10-18-2-4-19(24)5-3-18)17-23(30)26-20-6-8-21(9-7-20)28-12-14-31-15-13-28/h2-9H,10-17H2,1H3,(H,25,29)(H,26,30). The van der Waals surface area contributed by atoms with Crippen LogP contribution in [0.1, 0.15) is 5.56 Å². The zero-order chi connectivity index (χ0) is 22.1. The molecule has 0 bridgehead atoms. The topological polar surface area (TPSA) is 73.9 Å². The van der Waals surface area contributed by atoms with Gasteiger partial charge in [-0.3, -0.25) is 14.5 Å². The summed E-state index contributed by atoms with van der Waals surface area (Å²) in [5.41, 5.74) is 2.97. The van der Waals surface area contributed by atoms with Crippen molar-refractivity contribution in [3.8, 4) is 0 Å². The lowest BCUT2D eigenvalue weighted by molar-refractivity contribution is -0.122. The van der Waals surface area contributed by atoms with Crippen LogP contribution in [0.15, 0.2) is 48.5 Å². The number of hydrogen-bond acceptors (Lipinski definition) is 5. The molecular weight excluding hydrogens is 416 g/mol. The number of nitrogens with one attached hydrogen (secondary N) is 2. The SMILES string of the molecule is CN(CC(=O)NCCc1ccc(Cl)cc1)CC(=O)Nc1ccc(N2CCOCC2)cc1. The molecule has 1 fully saturated rings. The molecule has 8 heteroatoms. The highest BCUT2D eigenvalue weighted by molar-refractivity contribution is 6.30. The van der Waals surface area contributed by atoms with Crippen molar-refractivity contribution in [3.63, 3.8) is 0 Å². The van der Waals surface area contributed by atoms with Crippen LogP contribution in [0.4, 0.5) is 11.4 Å². The van der Waals surface area contributed by atoms with Crippen LogP contribution in [0.2, 0.25) is 5.02 Å². The highest BCUT2D eigenvalue weighted by Gasteiger charge is 2.13. The monoisotopic (exact) mass is 444 g/mol. The van der Waals surface area contributed by atoms with E-state index < -0.39 is 0 Å². The fraction of sp³-hybridized carbons (Fsp3) is 0.391. The second kappa shape index (κ2) is 11.7. The van der Waals surface area contributed by atoms with Gasteiger partial charge in [0, 0.05) is 36.0 Å². The number of rotatable bonds is 9. The number of amides is 2. The fourth-order valence-corrected chi connectivity index (χ4v) is 3.50. The van der Waals surface area contributed by atoms with Gasteiger partial charge in [0.15, 0.2) is 0 Å². The Morgan fingerprint density at radius 3 is 2.32 bits per heavy atom. The molecule has 1 aliphatic rings. The number of anilines is 2. The maximum Gasteiger partial charge on any atom is 0.238 e. The van der Waals surface area contributed by atoms with Crippen molar-refractivity contribution in [2.24, 2.45) is 0 Å². The van der Waals surface area contributed by atoms with E-state index in [1.807, 2.05) is 48.5 Å². The van der Waals surface area contributed by atoms with Crippen molar-refractivity contribution in [2.75, 3.05) is 63.2 Å². The summed E-state index contributed by atoms with van der Waals surface area (Å²) in [4.78, 5) is 28.3. The largest absolute Gasteiger partial charge is 0.378 e. The maximum atomic E-state index is 12.3. The molecule has 1 aliphatic heterocycles. The summed E-state index contributed by atoms with van der Waals surface area (Å²) in [6.45, 7) is 4.05. The van der Waals surface area contributed by atoms with Crippen LogP contribution in [0.5, 0.6) is 0 Å². The van der Waals surface area contributed by atoms with Crippen molar-refractivity contribution in [2.45, 2.75) is 6.42 Å². The van der Waals surface area contributed by atoms with Gasteiger partial charge in [-0.05, 0) is 55.4 Å². The molecule has 0 unspecified atom stereocenters. The first-order valence-corrected chi connectivity index (χ1v) is 10.8. The number of likely N-dealkylation sites (N-methyl/N-ethyl adjacent to an activating group) is 1. The van der Waals surface area contributed by atoms with Crippen molar-refractivity contribution in [1.29, 1.82) is 0 Å². The van der Waals surface area contributed by atoms with Crippen LogP contribution in [0.25, 0.3) is 0 Å². The number of hydrogen-bond donors (Lipinski definition) is 2. The lowest BCUT2D eigenvalue weighted by Gasteiger charge is -2.28. The third-order valence-corrected chi connectivity index (χ3v) is 5.26. The zero-order valence-corrected chi connectivity index (χ0v) is 18.5. The van der Waals surface area contributed by atoms with Crippen LogP contribution in [0, 0.1) is 0 Å². The summed E-state index contributed by atoms with van der Waals surface area (Å²) in [6.07, 6.45) is 0.730. The molecule has 166 valence electrons. The minimum absolute atomic E-state index is 0.112. The molecule has 7 nitrogen and oxygen atoms in total. The Kier molecular flexibility index (Phi) is 8.70. The minimum Gasteiger partial charge on any atom is -0.378 e. The Hall–Kier alpha value is -2.61. The summed E-state index contributed by atoms with van der Waals surface area (Å²) in [5.74, 6) is -0.269. The van der Waals surface area contributed by atoms with E-state index in [1.165, 1.54) is 0 Å². The summed E-state index contributed by atoms with van der Waals surface area (Å²) in [5, 5.41) is 6.45. The van der Waals surface area contributed by atoms with Crippen molar-refractivity contribution in [1.82, 2.24) is 10.2 Å². The zero-order valence-electron chi connectivity index (χ0n) is 17.8. The van der Waals surface area contributed by atoms with E-state index in [2.05, 4.69) is 15.5 Å². The lowest BCUT2D eigenvalue weighted by atomic mass is 10.1. The Balaban J connectivity index is 1.35. The minimum atomic E-state index is -0.157. The van der Waals surface area contributed by atoms with Gasteiger partial charge >= 0.3 is 0 Å². The van der Waals surface area contributed by atoms with Gasteiger partial charge in [0.05, 0.1) is 26.3 Å². The van der Waals surface area contributed by atoms with E-state index in [1.54, 1.807) is 11.9 Å². The Morgan fingerprint density at radius 2 is 1.65 bits per heavy atom. The predicted molar refractivity (Wildman–Crippen MR) is 124 cm³/mol. The highest BCUT2D eigenvalue weighted by atomic mass is 35.5. The van der Waals surface area contributed by atoms with Gasteiger partial charge < -0.3 is 20.3 Å². The summed E-state index contributed by atoms with van der Waals surface area (Å²) in [7, 11) is 1.75. The van der Waals surface area contributed by atoms with Crippen LogP contribution in [-0.2, 0) is 20.7 Å². The van der Waals surface area contributed by atoms with Crippen LogP contribution in [0.3, 0.4) is 0 Å². The van der Waals surface area contributed by atoms with Gasteiger partial charge in [-0.2, -0.15) is 0 Å². The number of halogens is 1. The molecule has 31 heavy (non-hydrogen) atoms. The van der Waals surface area contributed by atoms with Crippen LogP contribution >= 0.6 is 11.6 Å². The van der Waals surface area contributed by atoms with Crippen LogP contribution < -0.4 is 15.5 Å². The molecule has 0 saturated carbocycles. The first-order chi connectivity index (χ1) is 15.0. The number of ether oxygens (including phenoxy) is 1. The molecule has 1 heterocycles. The van der Waals surface area contributed by atoms with E-state index in [-0.39, 0.29) is 24.9 Å². The molecule has 0 spiro atoms. The van der Waals surface area contributed by atoms with E-state index in [0.29, 0.717) is 11.6 Å². The number of carbonyl (C=O) groups excluding carboxylic acids is 2. The third kappa shape index (κ3) is 7.86. The van der Waals surface area contributed by atoms with E-state index in [4.69, 9.17) is 16.3 Å². The second-order valence-corrected chi connectivity index (χ2v) is 8.03. The average Bonchev–Trinajstić information content (AvgIpc) is 2.76. The normalized spacial score (nSPS) is 13.8. The smallest absolute Gasteiger partial charge is 0.238 e. The van der Waals surface area contributed by atoms with Crippen molar-refractivity contribution < 1.29 is 14.3 Å². The molecule has 1 saturated heterocycles. The number of morpholine rings is 1. The van der Waals surface area contributed by atoms with Gasteiger partial charge in [-0.1, -0.05) is 23.7 Å².